The number of Topliss-reactive ketones (excluding diaryl/α,β-unsaturated/α-hetero) is 1. The molecule has 1 aliphatic heterocycles. The number of carbonyl (C=O) groups excluding carboxylic acids is 1. The zero-order valence-corrected chi connectivity index (χ0v) is 19.1. The molecule has 2 aliphatic rings. The molecule has 0 saturated carbocycles. The summed E-state index contributed by atoms with van der Waals surface area (Å²) in [5, 5.41) is 6.91. The van der Waals surface area contributed by atoms with Gasteiger partial charge in [0.2, 0.25) is 0 Å². The van der Waals surface area contributed by atoms with Gasteiger partial charge in [-0.05, 0) is 60.4 Å². The maximum Gasteiger partial charge on any atom is 0.163 e. The van der Waals surface area contributed by atoms with Crippen LogP contribution < -0.4 is 15.4 Å². The highest BCUT2D eigenvalue weighted by atomic mass is 79.9. The first-order valence-corrected chi connectivity index (χ1v) is 11.3. The van der Waals surface area contributed by atoms with Gasteiger partial charge in [-0.25, -0.2) is 4.39 Å². The Balaban J connectivity index is 1.61. The molecule has 2 N–H and O–H groups in total. The molecule has 0 radical (unpaired) electrons. The first kappa shape index (κ1) is 20.8. The Morgan fingerprint density at radius 1 is 1.00 bits per heavy atom. The van der Waals surface area contributed by atoms with Crippen LogP contribution in [0.5, 0.6) is 5.75 Å². The quantitative estimate of drug-likeness (QED) is 0.433. The lowest BCUT2D eigenvalue weighted by Gasteiger charge is -2.30. The minimum absolute atomic E-state index is 0.0178. The van der Waals surface area contributed by atoms with E-state index in [2.05, 4.69) is 26.6 Å². The number of carbonyl (C=O) groups is 1. The molecule has 0 aromatic heterocycles. The van der Waals surface area contributed by atoms with Crippen LogP contribution in [0.1, 0.15) is 35.9 Å². The first-order valence-electron chi connectivity index (χ1n) is 10.5. The number of benzene rings is 3. The molecule has 0 amide bonds. The van der Waals surface area contributed by atoms with Crippen LogP contribution >= 0.6 is 15.9 Å². The molecule has 1 aliphatic carbocycles. The minimum atomic E-state index is -0.581. The number of hydrogen-bond acceptors (Lipinski definition) is 4. The second-order valence-corrected chi connectivity index (χ2v) is 9.02. The molecular formula is C26H22BrFN2O2. The molecule has 4 nitrogen and oxygen atoms in total. The second-order valence-electron chi connectivity index (χ2n) is 8.11. The third-order valence-corrected chi connectivity index (χ3v) is 6.66. The van der Waals surface area contributed by atoms with E-state index in [0.717, 1.165) is 32.9 Å². The molecule has 0 fully saturated rings. The highest BCUT2D eigenvalue weighted by molar-refractivity contribution is 9.10. The smallest absolute Gasteiger partial charge is 0.163 e. The maximum atomic E-state index is 14.9. The van der Waals surface area contributed by atoms with Crippen LogP contribution in [0.4, 0.5) is 15.8 Å². The lowest BCUT2D eigenvalue weighted by atomic mass is 9.78. The van der Waals surface area contributed by atoms with E-state index in [4.69, 9.17) is 4.74 Å². The Hall–Kier alpha value is -3.12. The van der Waals surface area contributed by atoms with E-state index in [0.29, 0.717) is 24.0 Å². The molecule has 6 heteroatoms. The second kappa shape index (κ2) is 8.43. The number of allylic oxidation sites excluding steroid dienone is 1. The Kier molecular flexibility index (Phi) is 5.47. The van der Waals surface area contributed by atoms with Crippen molar-refractivity contribution in [1.82, 2.24) is 0 Å². The summed E-state index contributed by atoms with van der Waals surface area (Å²) in [4.78, 5) is 13.5. The van der Waals surface area contributed by atoms with Gasteiger partial charge in [0.1, 0.15) is 11.6 Å². The van der Waals surface area contributed by atoms with Crippen LogP contribution in [0.3, 0.4) is 0 Å². The van der Waals surface area contributed by atoms with E-state index in [-0.39, 0.29) is 17.5 Å². The zero-order valence-electron chi connectivity index (χ0n) is 17.5. The molecular weight excluding hydrogens is 471 g/mol. The van der Waals surface area contributed by atoms with Crippen molar-refractivity contribution in [2.24, 2.45) is 0 Å². The van der Waals surface area contributed by atoms with E-state index in [9.17, 15) is 9.18 Å². The van der Waals surface area contributed by atoms with E-state index in [1.165, 1.54) is 6.07 Å². The van der Waals surface area contributed by atoms with Crippen molar-refractivity contribution in [3.63, 3.8) is 0 Å². The van der Waals surface area contributed by atoms with Crippen LogP contribution in [-0.2, 0) is 4.79 Å². The van der Waals surface area contributed by atoms with Crippen molar-refractivity contribution in [2.45, 2.75) is 24.8 Å². The average Bonchev–Trinajstić information content (AvgIpc) is 2.97. The van der Waals surface area contributed by atoms with Crippen LogP contribution in [0, 0.1) is 5.82 Å². The highest BCUT2D eigenvalue weighted by Crippen LogP contribution is 2.45. The third-order valence-electron chi connectivity index (χ3n) is 6.17. The lowest BCUT2D eigenvalue weighted by Crippen LogP contribution is -2.27. The number of halogens is 2. The van der Waals surface area contributed by atoms with Crippen LogP contribution in [-0.4, -0.2) is 12.9 Å². The standard InChI is InChI=1S/C26H22BrFN2O2/c1-32-18-9-6-15(7-10-18)16-12-23-25(24(31)13-16)26(19-14-17(27)8-11-20(19)28)30-22-5-3-2-4-21(22)29-23/h2-11,14,16,26,29-30H,12-13H2,1H3/t16-,26+/m0/s1. The molecule has 2 atom stereocenters. The van der Waals surface area contributed by atoms with Gasteiger partial charge in [0, 0.05) is 27.7 Å². The molecule has 162 valence electrons. The van der Waals surface area contributed by atoms with Gasteiger partial charge < -0.3 is 15.4 Å². The van der Waals surface area contributed by atoms with Crippen LogP contribution in [0.2, 0.25) is 0 Å². The predicted molar refractivity (Wildman–Crippen MR) is 128 cm³/mol. The highest BCUT2D eigenvalue weighted by Gasteiger charge is 2.37. The Morgan fingerprint density at radius 3 is 2.50 bits per heavy atom. The summed E-state index contributed by atoms with van der Waals surface area (Å²) in [6.45, 7) is 0. The molecule has 32 heavy (non-hydrogen) atoms. The monoisotopic (exact) mass is 492 g/mol. The van der Waals surface area contributed by atoms with E-state index in [1.807, 2.05) is 48.5 Å². The molecule has 0 bridgehead atoms. The summed E-state index contributed by atoms with van der Waals surface area (Å²) >= 11 is 3.45. The zero-order chi connectivity index (χ0) is 22.2. The third kappa shape index (κ3) is 3.79. The Bertz CT molecular complexity index is 1220. The van der Waals surface area contributed by atoms with Crippen LogP contribution in [0.15, 0.2) is 82.5 Å². The number of methoxy groups -OCH3 is 1. The molecule has 3 aromatic rings. The van der Waals surface area contributed by atoms with Crippen molar-refractivity contribution in [2.75, 3.05) is 17.7 Å². The summed E-state index contributed by atoms with van der Waals surface area (Å²) in [5.41, 5.74) is 4.68. The van der Waals surface area contributed by atoms with Crippen molar-refractivity contribution in [3.8, 4) is 5.75 Å². The minimum Gasteiger partial charge on any atom is -0.497 e. The van der Waals surface area contributed by atoms with E-state index >= 15 is 0 Å². The van der Waals surface area contributed by atoms with Gasteiger partial charge in [0.25, 0.3) is 0 Å². The molecule has 0 unspecified atom stereocenters. The summed E-state index contributed by atoms with van der Waals surface area (Å²) in [6, 6.07) is 19.9. The lowest BCUT2D eigenvalue weighted by molar-refractivity contribution is -0.116. The van der Waals surface area contributed by atoms with Gasteiger partial charge >= 0.3 is 0 Å². The number of nitrogens with one attached hydrogen (secondary N) is 2. The summed E-state index contributed by atoms with van der Waals surface area (Å²) in [6.07, 6.45) is 1.03. The van der Waals surface area contributed by atoms with E-state index in [1.54, 1.807) is 19.2 Å². The van der Waals surface area contributed by atoms with Gasteiger partial charge in [-0.3, -0.25) is 4.79 Å². The van der Waals surface area contributed by atoms with Crippen molar-refractivity contribution < 1.29 is 13.9 Å². The fourth-order valence-corrected chi connectivity index (χ4v) is 4.95. The number of anilines is 2. The normalized spacial score (nSPS) is 19.9. The van der Waals surface area contributed by atoms with Crippen molar-refractivity contribution >= 4 is 33.1 Å². The number of para-hydroxylation sites is 2. The summed E-state index contributed by atoms with van der Waals surface area (Å²) in [5.74, 6) is 0.496. The Labute approximate surface area is 194 Å². The SMILES string of the molecule is COc1ccc([C@@H]2CC(=O)C3=C(C2)Nc2ccccc2N[C@@H]3c2cc(Br)ccc2F)cc1. The fraction of sp³-hybridized carbons (Fsp3) is 0.192. The average molecular weight is 493 g/mol. The molecule has 0 spiro atoms. The van der Waals surface area contributed by atoms with Crippen LogP contribution in [0.25, 0.3) is 0 Å². The maximum absolute atomic E-state index is 14.9. The van der Waals surface area contributed by atoms with Gasteiger partial charge in [-0.2, -0.15) is 0 Å². The van der Waals surface area contributed by atoms with Crippen molar-refractivity contribution in [1.29, 1.82) is 0 Å². The van der Waals surface area contributed by atoms with E-state index < -0.39 is 6.04 Å². The fourth-order valence-electron chi connectivity index (χ4n) is 4.57. The molecule has 0 saturated heterocycles. The van der Waals surface area contributed by atoms with Gasteiger partial charge in [0.05, 0.1) is 24.5 Å². The van der Waals surface area contributed by atoms with Gasteiger partial charge in [-0.1, -0.05) is 40.2 Å². The number of hydrogen-bond donors (Lipinski definition) is 2. The number of ketones is 1. The first-order chi connectivity index (χ1) is 15.5. The molecule has 1 heterocycles. The predicted octanol–water partition coefficient (Wildman–Crippen LogP) is 6.58. The molecule has 3 aromatic carbocycles. The topological polar surface area (TPSA) is 50.4 Å². The summed E-state index contributed by atoms with van der Waals surface area (Å²) in [7, 11) is 1.64. The Morgan fingerprint density at radius 2 is 1.75 bits per heavy atom. The summed E-state index contributed by atoms with van der Waals surface area (Å²) < 4.78 is 21.0. The van der Waals surface area contributed by atoms with Gasteiger partial charge in [-0.15, -0.1) is 0 Å². The van der Waals surface area contributed by atoms with Crippen molar-refractivity contribution in [3.05, 3.63) is 99.4 Å². The number of ether oxygens (including phenoxy) is 1. The number of rotatable bonds is 3. The number of fused-ring (bicyclic) bond motifs is 1. The van der Waals surface area contributed by atoms with Gasteiger partial charge in [0.15, 0.2) is 5.78 Å². The molecule has 5 rings (SSSR count). The largest absolute Gasteiger partial charge is 0.497 e.